The Labute approximate surface area is 125 Å². The average Bonchev–Trinajstić information content (AvgIpc) is 2.40. The molecule has 1 aromatic carbocycles. The monoisotopic (exact) mass is 345 g/mol. The second kappa shape index (κ2) is 6.83. The predicted octanol–water partition coefficient (Wildman–Crippen LogP) is 3.05. The Bertz CT molecular complexity index is 521. The van der Waals surface area contributed by atoms with Gasteiger partial charge in [0.15, 0.2) is 0 Å². The van der Waals surface area contributed by atoms with Crippen molar-refractivity contribution in [3.8, 4) is 0 Å². The molecule has 1 N–H and O–H groups in total. The molecule has 0 aliphatic heterocycles. The van der Waals surface area contributed by atoms with E-state index in [9.17, 15) is 14.0 Å². The number of methoxy groups -OCH3 is 1. The highest BCUT2D eigenvalue weighted by Gasteiger charge is 2.35. The van der Waals surface area contributed by atoms with E-state index in [1.807, 2.05) is 6.92 Å². The van der Waals surface area contributed by atoms with E-state index in [-0.39, 0.29) is 10.0 Å². The van der Waals surface area contributed by atoms with Gasteiger partial charge in [-0.05, 0) is 41.4 Å². The van der Waals surface area contributed by atoms with Crippen LogP contribution in [0.3, 0.4) is 0 Å². The first-order chi connectivity index (χ1) is 9.35. The minimum absolute atomic E-state index is 0.0706. The smallest absolute Gasteiger partial charge is 0.331 e. The van der Waals surface area contributed by atoms with Crippen LogP contribution in [0.5, 0.6) is 0 Å². The summed E-state index contributed by atoms with van der Waals surface area (Å²) >= 11 is 3.03. The number of carbonyl (C=O) groups excluding carboxylic acids is 2. The maximum atomic E-state index is 13.4. The molecule has 0 spiro atoms. The predicted molar refractivity (Wildman–Crippen MR) is 76.9 cm³/mol. The maximum Gasteiger partial charge on any atom is 0.331 e. The van der Waals surface area contributed by atoms with Crippen LogP contribution in [0.4, 0.5) is 4.39 Å². The van der Waals surface area contributed by atoms with Crippen LogP contribution < -0.4 is 5.32 Å². The number of amides is 1. The lowest BCUT2D eigenvalue weighted by molar-refractivity contribution is -0.147. The Balaban J connectivity index is 3.03. The van der Waals surface area contributed by atoms with Gasteiger partial charge in [-0.1, -0.05) is 19.4 Å². The fourth-order valence-corrected chi connectivity index (χ4v) is 2.38. The molecule has 110 valence electrons. The third-order valence-corrected chi connectivity index (χ3v) is 3.78. The van der Waals surface area contributed by atoms with E-state index in [2.05, 4.69) is 21.2 Å². The van der Waals surface area contributed by atoms with E-state index in [4.69, 9.17) is 4.74 Å². The van der Waals surface area contributed by atoms with E-state index in [1.54, 1.807) is 6.92 Å². The minimum atomic E-state index is -1.13. The van der Waals surface area contributed by atoms with E-state index in [0.717, 1.165) is 0 Å². The van der Waals surface area contributed by atoms with Gasteiger partial charge in [-0.25, -0.2) is 9.18 Å². The molecule has 4 nitrogen and oxygen atoms in total. The second-order valence-corrected chi connectivity index (χ2v) is 5.42. The SMILES string of the molecule is CCCC(C)(NC(=O)c1cccc(F)c1Br)C(=O)OC. The first-order valence-corrected chi connectivity index (χ1v) is 7.00. The van der Waals surface area contributed by atoms with Crippen LogP contribution in [0, 0.1) is 5.82 Å². The third kappa shape index (κ3) is 3.56. The summed E-state index contributed by atoms with van der Waals surface area (Å²) in [5.74, 6) is -1.59. The highest BCUT2D eigenvalue weighted by Crippen LogP contribution is 2.22. The molecule has 0 saturated carbocycles. The molecule has 0 radical (unpaired) electrons. The lowest BCUT2D eigenvalue weighted by atomic mass is 9.95. The Morgan fingerprint density at radius 2 is 2.10 bits per heavy atom. The number of esters is 1. The van der Waals surface area contributed by atoms with E-state index in [0.29, 0.717) is 12.8 Å². The molecule has 1 aromatic rings. The van der Waals surface area contributed by atoms with Gasteiger partial charge in [-0.15, -0.1) is 0 Å². The normalized spacial score (nSPS) is 13.4. The molecule has 0 aliphatic carbocycles. The van der Waals surface area contributed by atoms with E-state index >= 15 is 0 Å². The van der Waals surface area contributed by atoms with Gasteiger partial charge in [0.2, 0.25) is 0 Å². The minimum Gasteiger partial charge on any atom is -0.467 e. The van der Waals surface area contributed by atoms with Crippen LogP contribution in [-0.2, 0) is 9.53 Å². The summed E-state index contributed by atoms with van der Waals surface area (Å²) in [4.78, 5) is 24.0. The van der Waals surface area contributed by atoms with E-state index < -0.39 is 23.2 Å². The van der Waals surface area contributed by atoms with Crippen molar-refractivity contribution in [3.63, 3.8) is 0 Å². The first kappa shape index (κ1) is 16.6. The third-order valence-electron chi connectivity index (χ3n) is 2.97. The number of nitrogens with one attached hydrogen (secondary N) is 1. The largest absolute Gasteiger partial charge is 0.467 e. The van der Waals surface area contributed by atoms with Gasteiger partial charge >= 0.3 is 5.97 Å². The summed E-state index contributed by atoms with van der Waals surface area (Å²) in [5.41, 5.74) is -0.997. The molecule has 0 bridgehead atoms. The Morgan fingerprint density at radius 3 is 2.65 bits per heavy atom. The highest BCUT2D eigenvalue weighted by atomic mass is 79.9. The number of carbonyl (C=O) groups is 2. The van der Waals surface area contributed by atoms with Crippen molar-refractivity contribution < 1.29 is 18.7 Å². The number of ether oxygens (including phenoxy) is 1. The number of hydrogen-bond donors (Lipinski definition) is 1. The van der Waals surface area contributed by atoms with E-state index in [1.165, 1.54) is 25.3 Å². The number of benzene rings is 1. The molecule has 1 atom stereocenters. The van der Waals surface area contributed by atoms with Gasteiger partial charge < -0.3 is 10.1 Å². The van der Waals surface area contributed by atoms with Crippen molar-refractivity contribution in [3.05, 3.63) is 34.1 Å². The highest BCUT2D eigenvalue weighted by molar-refractivity contribution is 9.10. The van der Waals surface area contributed by atoms with Gasteiger partial charge in [0.25, 0.3) is 5.91 Å². The molecule has 0 fully saturated rings. The fourth-order valence-electron chi connectivity index (χ4n) is 1.94. The van der Waals surface area contributed by atoms with Crippen molar-refractivity contribution in [2.75, 3.05) is 7.11 Å². The molecular weight excluding hydrogens is 329 g/mol. The summed E-state index contributed by atoms with van der Waals surface area (Å²) in [6.45, 7) is 3.49. The zero-order chi connectivity index (χ0) is 15.3. The van der Waals surface area contributed by atoms with Crippen molar-refractivity contribution in [1.82, 2.24) is 5.32 Å². The molecule has 0 saturated heterocycles. The van der Waals surface area contributed by atoms with Crippen LogP contribution >= 0.6 is 15.9 Å². The zero-order valence-electron chi connectivity index (χ0n) is 11.6. The molecule has 1 amide bonds. The standard InChI is InChI=1S/C14H17BrFNO3/c1-4-8-14(2,13(19)20-3)17-12(18)9-6-5-7-10(16)11(9)15/h5-7H,4,8H2,1-3H3,(H,17,18). The first-order valence-electron chi connectivity index (χ1n) is 6.20. The summed E-state index contributed by atoms with van der Waals surface area (Å²) in [7, 11) is 1.26. The van der Waals surface area contributed by atoms with Crippen LogP contribution in [0.15, 0.2) is 22.7 Å². The van der Waals surface area contributed by atoms with Crippen LogP contribution in [0.25, 0.3) is 0 Å². The quantitative estimate of drug-likeness (QED) is 0.834. The number of halogens is 2. The Morgan fingerprint density at radius 1 is 1.45 bits per heavy atom. The fraction of sp³-hybridized carbons (Fsp3) is 0.429. The van der Waals surface area contributed by atoms with Crippen LogP contribution in [0.1, 0.15) is 37.0 Å². The summed E-state index contributed by atoms with van der Waals surface area (Å²) < 4.78 is 18.2. The molecule has 1 unspecified atom stereocenters. The molecular formula is C14H17BrFNO3. The zero-order valence-corrected chi connectivity index (χ0v) is 13.2. The lowest BCUT2D eigenvalue weighted by Crippen LogP contribution is -2.52. The average molecular weight is 346 g/mol. The Hall–Kier alpha value is -1.43. The van der Waals surface area contributed by atoms with Crippen molar-refractivity contribution in [2.45, 2.75) is 32.2 Å². The molecule has 20 heavy (non-hydrogen) atoms. The number of hydrogen-bond acceptors (Lipinski definition) is 3. The summed E-state index contributed by atoms with van der Waals surface area (Å²) in [6.07, 6.45) is 1.12. The molecule has 1 rings (SSSR count). The van der Waals surface area contributed by atoms with Gasteiger partial charge in [-0.3, -0.25) is 4.79 Å². The Kier molecular flexibility index (Phi) is 5.68. The maximum absolute atomic E-state index is 13.4. The van der Waals surface area contributed by atoms with Gasteiger partial charge in [-0.2, -0.15) is 0 Å². The summed E-state index contributed by atoms with van der Waals surface area (Å²) in [5, 5.41) is 2.62. The number of rotatable bonds is 5. The van der Waals surface area contributed by atoms with Gasteiger partial charge in [0.05, 0.1) is 17.1 Å². The molecule has 0 aromatic heterocycles. The second-order valence-electron chi connectivity index (χ2n) is 4.63. The molecule has 0 aliphatic rings. The molecule has 6 heteroatoms. The van der Waals surface area contributed by atoms with Crippen LogP contribution in [0.2, 0.25) is 0 Å². The van der Waals surface area contributed by atoms with Gasteiger partial charge in [0, 0.05) is 0 Å². The van der Waals surface area contributed by atoms with Crippen molar-refractivity contribution >= 4 is 27.8 Å². The van der Waals surface area contributed by atoms with Crippen molar-refractivity contribution in [2.24, 2.45) is 0 Å². The van der Waals surface area contributed by atoms with Crippen molar-refractivity contribution in [1.29, 1.82) is 0 Å². The summed E-state index contributed by atoms with van der Waals surface area (Å²) in [6, 6.07) is 4.16. The molecule has 0 heterocycles. The van der Waals surface area contributed by atoms with Gasteiger partial charge in [0.1, 0.15) is 11.4 Å². The van der Waals surface area contributed by atoms with Crippen LogP contribution in [-0.4, -0.2) is 24.5 Å². The topological polar surface area (TPSA) is 55.4 Å². The lowest BCUT2D eigenvalue weighted by Gasteiger charge is -2.27.